The number of aromatic nitrogens is 2. The second kappa shape index (κ2) is 7.98. The second-order valence-electron chi connectivity index (χ2n) is 7.43. The van der Waals surface area contributed by atoms with Crippen LogP contribution in [0.4, 0.5) is 11.4 Å². The monoisotopic (exact) mass is 405 g/mol. The molecule has 154 valence electrons. The Morgan fingerprint density at radius 2 is 1.83 bits per heavy atom. The smallest absolute Gasteiger partial charge is 0.294 e. The molecular weight excluding hydrogens is 382 g/mol. The lowest BCUT2D eigenvalue weighted by Gasteiger charge is -2.37. The van der Waals surface area contributed by atoms with Gasteiger partial charge in [0.2, 0.25) is 0 Å². The summed E-state index contributed by atoms with van der Waals surface area (Å²) < 4.78 is 1.56. The molecule has 8 heteroatoms. The summed E-state index contributed by atoms with van der Waals surface area (Å²) in [4.78, 5) is 32.1. The maximum absolute atomic E-state index is 13.0. The molecule has 0 saturated carbocycles. The third-order valence-electron chi connectivity index (χ3n) is 5.69. The van der Waals surface area contributed by atoms with Gasteiger partial charge in [-0.1, -0.05) is 12.1 Å². The van der Waals surface area contributed by atoms with Crippen LogP contribution in [0, 0.1) is 24.0 Å². The summed E-state index contributed by atoms with van der Waals surface area (Å²) in [5.74, 6) is -0.184. The Morgan fingerprint density at radius 3 is 2.50 bits per heavy atom. The first-order valence-corrected chi connectivity index (χ1v) is 9.83. The maximum atomic E-state index is 13.0. The Bertz CT molecular complexity index is 1090. The van der Waals surface area contributed by atoms with Gasteiger partial charge in [0.15, 0.2) is 0 Å². The lowest BCUT2D eigenvalue weighted by molar-refractivity contribution is -0.384. The van der Waals surface area contributed by atoms with Gasteiger partial charge in [0.25, 0.3) is 11.6 Å². The van der Waals surface area contributed by atoms with Gasteiger partial charge in [0.05, 0.1) is 11.3 Å². The van der Waals surface area contributed by atoms with Crippen LogP contribution < -0.4 is 4.90 Å². The van der Waals surface area contributed by atoms with Crippen LogP contribution in [-0.4, -0.2) is 51.5 Å². The summed E-state index contributed by atoms with van der Waals surface area (Å²) in [6.07, 6.45) is 4.69. The lowest BCUT2D eigenvalue weighted by atomic mass is 10.1. The number of nitro benzene ring substituents is 1. The van der Waals surface area contributed by atoms with Gasteiger partial charge in [-0.3, -0.25) is 14.9 Å². The molecule has 1 amide bonds. The number of carbonyl (C=O) groups is 1. The minimum Gasteiger partial charge on any atom is -0.368 e. The van der Waals surface area contributed by atoms with Gasteiger partial charge in [0, 0.05) is 55.9 Å². The van der Waals surface area contributed by atoms with E-state index in [9.17, 15) is 14.9 Å². The molecular formula is C22H23N5O3. The van der Waals surface area contributed by atoms with E-state index in [0.717, 1.165) is 13.1 Å². The lowest BCUT2D eigenvalue weighted by Crippen LogP contribution is -2.49. The van der Waals surface area contributed by atoms with Crippen LogP contribution in [0.1, 0.15) is 21.5 Å². The summed E-state index contributed by atoms with van der Waals surface area (Å²) in [7, 11) is 0. The summed E-state index contributed by atoms with van der Waals surface area (Å²) >= 11 is 0. The summed E-state index contributed by atoms with van der Waals surface area (Å²) in [5.41, 5.74) is 4.29. The number of imidazole rings is 1. The number of hydrogen-bond donors (Lipinski definition) is 0. The highest BCUT2D eigenvalue weighted by Crippen LogP contribution is 2.27. The van der Waals surface area contributed by atoms with Crippen molar-refractivity contribution in [2.24, 2.45) is 0 Å². The van der Waals surface area contributed by atoms with Crippen molar-refractivity contribution >= 4 is 17.3 Å². The molecule has 8 nitrogen and oxygen atoms in total. The zero-order valence-electron chi connectivity index (χ0n) is 17.0. The number of nitrogens with zero attached hydrogens (tertiary/aromatic N) is 5. The van der Waals surface area contributed by atoms with E-state index in [2.05, 4.69) is 41.9 Å². The van der Waals surface area contributed by atoms with Gasteiger partial charge in [-0.2, -0.15) is 0 Å². The molecule has 0 radical (unpaired) electrons. The zero-order valence-corrected chi connectivity index (χ0v) is 17.0. The van der Waals surface area contributed by atoms with Crippen LogP contribution in [0.3, 0.4) is 0 Å². The van der Waals surface area contributed by atoms with E-state index in [0.29, 0.717) is 24.3 Å². The number of rotatable bonds is 4. The van der Waals surface area contributed by atoms with E-state index < -0.39 is 4.92 Å². The quantitative estimate of drug-likeness (QED) is 0.491. The highest BCUT2D eigenvalue weighted by atomic mass is 16.6. The second-order valence-corrected chi connectivity index (χ2v) is 7.43. The SMILES string of the molecule is Cc1cccc(N2CCN(C(=O)c3ccc(-n4ccnc4)c([N+](=O)[O-])c3)CC2)c1C. The first-order chi connectivity index (χ1) is 14.5. The molecule has 0 spiro atoms. The van der Waals surface area contributed by atoms with Crippen LogP contribution in [0.2, 0.25) is 0 Å². The first-order valence-electron chi connectivity index (χ1n) is 9.83. The third kappa shape index (κ3) is 3.63. The predicted molar refractivity (Wildman–Crippen MR) is 114 cm³/mol. The fraction of sp³-hybridized carbons (Fsp3) is 0.273. The van der Waals surface area contributed by atoms with E-state index in [1.54, 1.807) is 34.0 Å². The molecule has 30 heavy (non-hydrogen) atoms. The van der Waals surface area contributed by atoms with Crippen molar-refractivity contribution in [3.05, 3.63) is 81.9 Å². The van der Waals surface area contributed by atoms with Crippen LogP contribution in [0.15, 0.2) is 55.1 Å². The van der Waals surface area contributed by atoms with Crippen LogP contribution in [0.5, 0.6) is 0 Å². The summed E-state index contributed by atoms with van der Waals surface area (Å²) in [6.45, 7) is 6.81. The van der Waals surface area contributed by atoms with E-state index in [1.807, 2.05) is 0 Å². The van der Waals surface area contributed by atoms with Crippen molar-refractivity contribution in [2.45, 2.75) is 13.8 Å². The topological polar surface area (TPSA) is 84.5 Å². The van der Waals surface area contributed by atoms with Crippen molar-refractivity contribution < 1.29 is 9.72 Å². The van der Waals surface area contributed by atoms with E-state index >= 15 is 0 Å². The highest BCUT2D eigenvalue weighted by Gasteiger charge is 2.25. The fourth-order valence-electron chi connectivity index (χ4n) is 3.83. The fourth-order valence-corrected chi connectivity index (χ4v) is 3.83. The normalized spacial score (nSPS) is 14.1. The first kappa shape index (κ1) is 19.6. The number of carbonyl (C=O) groups excluding carboxylic acids is 1. The highest BCUT2D eigenvalue weighted by molar-refractivity contribution is 5.95. The Morgan fingerprint density at radius 1 is 1.07 bits per heavy atom. The molecule has 1 saturated heterocycles. The van der Waals surface area contributed by atoms with Gasteiger partial charge in [-0.25, -0.2) is 4.98 Å². The van der Waals surface area contributed by atoms with E-state index in [4.69, 9.17) is 0 Å². The average Bonchev–Trinajstić information content (AvgIpc) is 3.29. The molecule has 0 atom stereocenters. The molecule has 2 heterocycles. The predicted octanol–water partition coefficient (Wildman–Crippen LogP) is 3.36. The molecule has 2 aromatic carbocycles. The van der Waals surface area contributed by atoms with Crippen molar-refractivity contribution in [2.75, 3.05) is 31.1 Å². The largest absolute Gasteiger partial charge is 0.368 e. The molecule has 0 N–H and O–H groups in total. The van der Waals surface area contributed by atoms with Crippen molar-refractivity contribution in [3.63, 3.8) is 0 Å². The van der Waals surface area contributed by atoms with Crippen LogP contribution in [0.25, 0.3) is 5.69 Å². The number of piperazine rings is 1. The minimum absolute atomic E-state index is 0.118. The number of aryl methyl sites for hydroxylation is 1. The molecule has 1 fully saturated rings. The third-order valence-corrected chi connectivity index (χ3v) is 5.69. The average molecular weight is 405 g/mol. The standard InChI is InChI=1S/C22H23N5O3/c1-16-4-3-5-19(17(16)2)24-10-12-25(13-11-24)22(28)18-6-7-20(21(14-18)27(29)30)26-9-8-23-15-26/h3-9,14-15H,10-13H2,1-2H3. The van der Waals surface area contributed by atoms with Crippen molar-refractivity contribution in [1.29, 1.82) is 0 Å². The number of nitro groups is 1. The number of anilines is 1. The summed E-state index contributed by atoms with van der Waals surface area (Å²) in [6, 6.07) is 10.9. The Hall–Kier alpha value is -3.68. The molecule has 0 unspecified atom stereocenters. The molecule has 1 aliphatic heterocycles. The van der Waals surface area contributed by atoms with Gasteiger partial charge >= 0.3 is 0 Å². The van der Waals surface area contributed by atoms with Gasteiger partial charge in [-0.15, -0.1) is 0 Å². The molecule has 0 bridgehead atoms. The van der Waals surface area contributed by atoms with Crippen LogP contribution in [-0.2, 0) is 0 Å². The Kier molecular flexibility index (Phi) is 5.22. The van der Waals surface area contributed by atoms with Crippen molar-refractivity contribution in [1.82, 2.24) is 14.5 Å². The molecule has 3 aromatic rings. The van der Waals surface area contributed by atoms with E-state index in [-0.39, 0.29) is 11.6 Å². The van der Waals surface area contributed by atoms with Gasteiger partial charge < -0.3 is 14.4 Å². The Balaban J connectivity index is 1.51. The number of hydrogen-bond acceptors (Lipinski definition) is 5. The van der Waals surface area contributed by atoms with E-state index in [1.165, 1.54) is 29.2 Å². The summed E-state index contributed by atoms with van der Waals surface area (Å²) in [5, 5.41) is 11.6. The molecule has 4 rings (SSSR count). The van der Waals surface area contributed by atoms with Crippen molar-refractivity contribution in [3.8, 4) is 5.69 Å². The number of amides is 1. The molecule has 0 aliphatic carbocycles. The van der Waals surface area contributed by atoms with Gasteiger partial charge in [-0.05, 0) is 43.2 Å². The number of benzene rings is 2. The minimum atomic E-state index is -0.468. The maximum Gasteiger partial charge on any atom is 0.294 e. The zero-order chi connectivity index (χ0) is 21.3. The van der Waals surface area contributed by atoms with Gasteiger partial charge in [0.1, 0.15) is 5.69 Å². The van der Waals surface area contributed by atoms with Crippen LogP contribution >= 0.6 is 0 Å². The Labute approximate surface area is 174 Å². The molecule has 1 aliphatic rings. The molecule has 1 aromatic heterocycles.